The van der Waals surface area contributed by atoms with Gasteiger partial charge in [-0.15, -0.1) is 0 Å². The van der Waals surface area contributed by atoms with Gasteiger partial charge in [-0.25, -0.2) is 3.11 Å². The number of nitrogens with zero attached hydrogens (tertiary/aromatic N) is 2. The number of likely N-dealkylation sites (N-methyl/N-ethyl adjacent to an activating group) is 1. The fourth-order valence-electron chi connectivity index (χ4n) is 1.90. The standard InChI is InChI=1S/C12H17IN2/c1-2-14(10-12-8-9-15(12)13)11-6-4-3-5-7-11/h3-7,12H,2,8-10H2,1H3. The third kappa shape index (κ3) is 2.64. The Morgan fingerprint density at radius 2 is 2.13 bits per heavy atom. The van der Waals surface area contributed by atoms with Gasteiger partial charge in [-0.3, -0.25) is 0 Å². The van der Waals surface area contributed by atoms with Crippen LogP contribution in [0.2, 0.25) is 0 Å². The summed E-state index contributed by atoms with van der Waals surface area (Å²) in [6, 6.07) is 11.4. The average Bonchev–Trinajstić information content (AvgIpc) is 2.29. The lowest BCUT2D eigenvalue weighted by Crippen LogP contribution is -2.48. The topological polar surface area (TPSA) is 6.48 Å². The molecule has 2 nitrogen and oxygen atoms in total. The molecule has 1 saturated heterocycles. The van der Waals surface area contributed by atoms with Gasteiger partial charge >= 0.3 is 0 Å². The highest BCUT2D eigenvalue weighted by Gasteiger charge is 2.27. The predicted octanol–water partition coefficient (Wildman–Crippen LogP) is 2.94. The maximum Gasteiger partial charge on any atom is 0.0382 e. The van der Waals surface area contributed by atoms with Crippen molar-refractivity contribution in [2.45, 2.75) is 19.4 Å². The second kappa shape index (κ2) is 5.16. The minimum absolute atomic E-state index is 0.741. The third-order valence-corrected chi connectivity index (χ3v) is 4.28. The molecule has 15 heavy (non-hydrogen) atoms. The molecule has 1 aromatic rings. The van der Waals surface area contributed by atoms with E-state index in [-0.39, 0.29) is 0 Å². The highest BCUT2D eigenvalue weighted by Crippen LogP contribution is 2.24. The Morgan fingerprint density at radius 3 is 2.60 bits per heavy atom. The van der Waals surface area contributed by atoms with Gasteiger partial charge < -0.3 is 4.90 Å². The molecule has 0 aliphatic carbocycles. The van der Waals surface area contributed by atoms with Crippen LogP contribution in [-0.2, 0) is 0 Å². The second-order valence-corrected chi connectivity index (χ2v) is 5.18. The van der Waals surface area contributed by atoms with Crippen molar-refractivity contribution in [2.75, 3.05) is 24.5 Å². The number of rotatable bonds is 4. The van der Waals surface area contributed by atoms with E-state index in [9.17, 15) is 0 Å². The molecule has 0 N–H and O–H groups in total. The summed E-state index contributed by atoms with van der Waals surface area (Å²) in [5, 5.41) is 0. The number of hydrogen-bond acceptors (Lipinski definition) is 2. The lowest BCUT2D eigenvalue weighted by atomic mass is 10.1. The molecule has 0 radical (unpaired) electrons. The minimum Gasteiger partial charge on any atom is -0.370 e. The monoisotopic (exact) mass is 316 g/mol. The lowest BCUT2D eigenvalue weighted by molar-refractivity contribution is 0.250. The normalized spacial score (nSPS) is 21.1. The van der Waals surface area contributed by atoms with Gasteiger partial charge in [-0.2, -0.15) is 0 Å². The van der Waals surface area contributed by atoms with E-state index in [1.54, 1.807) is 0 Å². The van der Waals surface area contributed by atoms with Crippen molar-refractivity contribution >= 4 is 28.6 Å². The maximum absolute atomic E-state index is 2.45. The average molecular weight is 316 g/mol. The minimum atomic E-state index is 0.741. The molecule has 1 fully saturated rings. The zero-order valence-corrected chi connectivity index (χ0v) is 11.2. The van der Waals surface area contributed by atoms with E-state index in [1.165, 1.54) is 18.7 Å². The van der Waals surface area contributed by atoms with E-state index in [0.29, 0.717) is 0 Å². The SMILES string of the molecule is CCN(CC1CCN1I)c1ccccc1. The second-order valence-electron chi connectivity index (χ2n) is 3.94. The summed E-state index contributed by atoms with van der Waals surface area (Å²) in [5.74, 6) is 0. The summed E-state index contributed by atoms with van der Waals surface area (Å²) in [5.41, 5.74) is 1.34. The molecule has 1 unspecified atom stereocenters. The first-order valence-corrected chi connectivity index (χ1v) is 6.50. The molecular weight excluding hydrogens is 299 g/mol. The Bertz CT molecular complexity index is 302. The van der Waals surface area contributed by atoms with E-state index < -0.39 is 0 Å². The first-order valence-electron chi connectivity index (χ1n) is 5.53. The van der Waals surface area contributed by atoms with Crippen LogP contribution in [0.25, 0.3) is 0 Å². The molecule has 1 aromatic carbocycles. The first-order chi connectivity index (χ1) is 7.31. The molecule has 3 heteroatoms. The van der Waals surface area contributed by atoms with Crippen molar-refractivity contribution in [3.05, 3.63) is 30.3 Å². The van der Waals surface area contributed by atoms with Crippen molar-refractivity contribution in [3.8, 4) is 0 Å². The molecule has 1 atom stereocenters. The van der Waals surface area contributed by atoms with Crippen LogP contribution >= 0.6 is 22.9 Å². The smallest absolute Gasteiger partial charge is 0.0382 e. The summed E-state index contributed by atoms with van der Waals surface area (Å²) >= 11 is 2.43. The van der Waals surface area contributed by atoms with Crippen LogP contribution in [-0.4, -0.2) is 28.8 Å². The van der Waals surface area contributed by atoms with Gasteiger partial charge in [0.05, 0.1) is 0 Å². The van der Waals surface area contributed by atoms with Crippen LogP contribution < -0.4 is 4.90 Å². The third-order valence-electron chi connectivity index (χ3n) is 3.01. The Labute approximate surface area is 106 Å². The number of benzene rings is 1. The Morgan fingerprint density at radius 1 is 1.40 bits per heavy atom. The molecule has 82 valence electrons. The van der Waals surface area contributed by atoms with E-state index in [1.807, 2.05) is 0 Å². The fourth-order valence-corrected chi connectivity index (χ4v) is 2.63. The van der Waals surface area contributed by atoms with Gasteiger partial charge in [0.25, 0.3) is 0 Å². The van der Waals surface area contributed by atoms with Crippen molar-refractivity contribution < 1.29 is 0 Å². The predicted molar refractivity (Wildman–Crippen MR) is 73.5 cm³/mol. The molecule has 0 saturated carbocycles. The van der Waals surface area contributed by atoms with Crippen LogP contribution in [0.4, 0.5) is 5.69 Å². The number of anilines is 1. The zero-order chi connectivity index (χ0) is 10.7. The lowest BCUT2D eigenvalue weighted by Gasteiger charge is -2.39. The van der Waals surface area contributed by atoms with Crippen molar-refractivity contribution in [2.24, 2.45) is 0 Å². The van der Waals surface area contributed by atoms with Crippen LogP contribution in [0.15, 0.2) is 30.3 Å². The molecule has 1 aliphatic rings. The molecule has 0 bridgehead atoms. The van der Waals surface area contributed by atoms with Gasteiger partial charge in [0.15, 0.2) is 0 Å². The van der Waals surface area contributed by atoms with Crippen LogP contribution in [0.3, 0.4) is 0 Å². The van der Waals surface area contributed by atoms with E-state index in [0.717, 1.165) is 19.1 Å². The van der Waals surface area contributed by atoms with E-state index in [4.69, 9.17) is 0 Å². The Balaban J connectivity index is 1.98. The molecule has 1 heterocycles. The van der Waals surface area contributed by atoms with Crippen LogP contribution in [0.5, 0.6) is 0 Å². The van der Waals surface area contributed by atoms with Gasteiger partial charge in [0.2, 0.25) is 0 Å². The number of halogens is 1. The maximum atomic E-state index is 2.45. The van der Waals surface area contributed by atoms with E-state index >= 15 is 0 Å². The summed E-state index contributed by atoms with van der Waals surface area (Å²) in [6.07, 6.45) is 1.34. The number of hydrogen-bond donors (Lipinski definition) is 0. The summed E-state index contributed by atoms with van der Waals surface area (Å²) in [6.45, 7) is 5.72. The summed E-state index contributed by atoms with van der Waals surface area (Å²) < 4.78 is 2.41. The molecule has 1 aliphatic heterocycles. The van der Waals surface area contributed by atoms with Gasteiger partial charge in [0.1, 0.15) is 0 Å². The zero-order valence-electron chi connectivity index (χ0n) is 9.06. The Kier molecular flexibility index (Phi) is 3.86. The summed E-state index contributed by atoms with van der Waals surface area (Å²) in [7, 11) is 0. The van der Waals surface area contributed by atoms with Crippen molar-refractivity contribution in [3.63, 3.8) is 0 Å². The first kappa shape index (κ1) is 11.2. The van der Waals surface area contributed by atoms with Crippen LogP contribution in [0, 0.1) is 0 Å². The summed E-state index contributed by atoms with van der Waals surface area (Å²) in [4.78, 5) is 2.45. The largest absolute Gasteiger partial charge is 0.370 e. The van der Waals surface area contributed by atoms with Crippen molar-refractivity contribution in [1.29, 1.82) is 0 Å². The van der Waals surface area contributed by atoms with Crippen molar-refractivity contribution in [1.82, 2.24) is 3.11 Å². The van der Waals surface area contributed by atoms with Gasteiger partial charge in [0, 0.05) is 54.2 Å². The molecule has 0 amide bonds. The number of para-hydroxylation sites is 1. The Hall–Kier alpha value is -0.290. The molecule has 2 rings (SSSR count). The van der Waals surface area contributed by atoms with Crippen LogP contribution in [0.1, 0.15) is 13.3 Å². The molecular formula is C12H17IN2. The van der Waals surface area contributed by atoms with Gasteiger partial charge in [-0.05, 0) is 25.5 Å². The highest BCUT2D eigenvalue weighted by atomic mass is 127. The molecule has 0 spiro atoms. The fraction of sp³-hybridized carbons (Fsp3) is 0.500. The van der Waals surface area contributed by atoms with Gasteiger partial charge in [-0.1, -0.05) is 18.2 Å². The quantitative estimate of drug-likeness (QED) is 0.622. The van der Waals surface area contributed by atoms with E-state index in [2.05, 4.69) is 68.1 Å². The highest BCUT2D eigenvalue weighted by molar-refractivity contribution is 14.1. The molecule has 0 aromatic heterocycles.